The van der Waals surface area contributed by atoms with Crippen molar-refractivity contribution in [2.24, 2.45) is 0 Å². The molecule has 0 unspecified atom stereocenters. The number of para-hydroxylation sites is 1. The van der Waals surface area contributed by atoms with E-state index in [1.165, 1.54) is 12.0 Å². The van der Waals surface area contributed by atoms with Gasteiger partial charge in [-0.15, -0.1) is 0 Å². The zero-order valence-corrected chi connectivity index (χ0v) is 15.8. The minimum Gasteiger partial charge on any atom is -0.465 e. The first-order valence-corrected chi connectivity index (χ1v) is 8.62. The summed E-state index contributed by atoms with van der Waals surface area (Å²) in [4.78, 5) is 34.5. The molecule has 2 aromatic carbocycles. The van der Waals surface area contributed by atoms with E-state index in [1.54, 1.807) is 44.3 Å². The Labute approximate surface area is 163 Å². The second-order valence-electron chi connectivity index (χ2n) is 6.08. The average molecular weight is 376 g/mol. The number of benzene rings is 2. The molecule has 0 atom stereocenters. The number of ether oxygens (including phenoxy) is 1. The van der Waals surface area contributed by atoms with Crippen molar-refractivity contribution in [3.8, 4) is 0 Å². The van der Waals surface area contributed by atoms with Crippen LogP contribution in [0.5, 0.6) is 0 Å². The Morgan fingerprint density at radius 3 is 2.32 bits per heavy atom. The average Bonchev–Trinajstić information content (AvgIpc) is 2.73. The molecule has 0 saturated heterocycles. The first-order chi connectivity index (χ1) is 13.5. The van der Waals surface area contributed by atoms with Crippen LogP contribution in [-0.4, -0.2) is 36.0 Å². The number of hydrogen-bond acceptors (Lipinski definition) is 6. The summed E-state index contributed by atoms with van der Waals surface area (Å²) in [6.45, 7) is 1.73. The molecule has 1 N–H and O–H groups in total. The number of carbonyl (C=O) groups is 2. The SMILES string of the molecule is COC(=O)c1ccc(Nc2cc(C(=O)N(C)c3ccccc3)nc(C)n2)cc1. The minimum absolute atomic E-state index is 0.235. The third-order valence-electron chi connectivity index (χ3n) is 4.08. The van der Waals surface area contributed by atoms with E-state index in [9.17, 15) is 9.59 Å². The van der Waals surface area contributed by atoms with Gasteiger partial charge in [0.25, 0.3) is 5.91 Å². The Balaban J connectivity index is 1.81. The second-order valence-corrected chi connectivity index (χ2v) is 6.08. The zero-order chi connectivity index (χ0) is 20.1. The van der Waals surface area contributed by atoms with Gasteiger partial charge in [0.15, 0.2) is 0 Å². The van der Waals surface area contributed by atoms with Crippen LogP contribution in [0.4, 0.5) is 17.2 Å². The normalized spacial score (nSPS) is 10.2. The van der Waals surface area contributed by atoms with Crippen LogP contribution in [0.15, 0.2) is 60.7 Å². The molecule has 0 aliphatic heterocycles. The summed E-state index contributed by atoms with van der Waals surface area (Å²) in [5, 5.41) is 3.13. The molecule has 0 spiro atoms. The molecule has 1 aromatic heterocycles. The van der Waals surface area contributed by atoms with Crippen molar-refractivity contribution in [3.05, 3.63) is 77.7 Å². The number of amides is 1. The van der Waals surface area contributed by atoms with Crippen molar-refractivity contribution in [2.45, 2.75) is 6.92 Å². The molecule has 3 aromatic rings. The second kappa shape index (κ2) is 8.30. The van der Waals surface area contributed by atoms with Gasteiger partial charge in [0.05, 0.1) is 12.7 Å². The van der Waals surface area contributed by atoms with Crippen LogP contribution in [0.25, 0.3) is 0 Å². The first-order valence-electron chi connectivity index (χ1n) is 8.62. The van der Waals surface area contributed by atoms with Crippen LogP contribution in [0.2, 0.25) is 0 Å². The van der Waals surface area contributed by atoms with Gasteiger partial charge in [0.2, 0.25) is 0 Å². The fraction of sp³-hybridized carbons (Fsp3) is 0.143. The van der Waals surface area contributed by atoms with E-state index in [2.05, 4.69) is 20.0 Å². The molecule has 0 aliphatic rings. The van der Waals surface area contributed by atoms with E-state index in [0.717, 1.165) is 11.4 Å². The van der Waals surface area contributed by atoms with E-state index < -0.39 is 5.97 Å². The largest absolute Gasteiger partial charge is 0.465 e. The zero-order valence-electron chi connectivity index (χ0n) is 15.8. The lowest BCUT2D eigenvalue weighted by Crippen LogP contribution is -2.27. The van der Waals surface area contributed by atoms with Crippen LogP contribution in [0.3, 0.4) is 0 Å². The number of nitrogens with one attached hydrogen (secondary N) is 1. The van der Waals surface area contributed by atoms with Gasteiger partial charge in [0, 0.05) is 24.5 Å². The summed E-state index contributed by atoms with van der Waals surface area (Å²) in [6, 6.07) is 17.7. The molecule has 0 saturated carbocycles. The van der Waals surface area contributed by atoms with Gasteiger partial charge in [-0.3, -0.25) is 4.79 Å². The van der Waals surface area contributed by atoms with Crippen LogP contribution >= 0.6 is 0 Å². The lowest BCUT2D eigenvalue weighted by Gasteiger charge is -2.17. The summed E-state index contributed by atoms with van der Waals surface area (Å²) < 4.78 is 4.69. The number of hydrogen-bond donors (Lipinski definition) is 1. The number of esters is 1. The van der Waals surface area contributed by atoms with Crippen LogP contribution in [0, 0.1) is 6.92 Å². The summed E-state index contributed by atoms with van der Waals surface area (Å²) in [7, 11) is 3.04. The van der Waals surface area contributed by atoms with Gasteiger partial charge in [-0.1, -0.05) is 18.2 Å². The van der Waals surface area contributed by atoms with Crippen LogP contribution < -0.4 is 10.2 Å². The summed E-state index contributed by atoms with van der Waals surface area (Å²) >= 11 is 0. The third-order valence-corrected chi connectivity index (χ3v) is 4.08. The van der Waals surface area contributed by atoms with Crippen molar-refractivity contribution in [2.75, 3.05) is 24.4 Å². The molecule has 0 aliphatic carbocycles. The molecule has 7 heteroatoms. The lowest BCUT2D eigenvalue weighted by molar-refractivity contribution is 0.0600. The summed E-state index contributed by atoms with van der Waals surface area (Å²) in [5.41, 5.74) is 2.23. The summed E-state index contributed by atoms with van der Waals surface area (Å²) in [6.07, 6.45) is 0. The first kappa shape index (κ1) is 19.0. The van der Waals surface area contributed by atoms with Crippen molar-refractivity contribution in [1.29, 1.82) is 0 Å². The van der Waals surface area contributed by atoms with Gasteiger partial charge >= 0.3 is 5.97 Å². The van der Waals surface area contributed by atoms with E-state index in [0.29, 0.717) is 17.2 Å². The molecule has 0 fully saturated rings. The Morgan fingerprint density at radius 1 is 1.00 bits per heavy atom. The summed E-state index contributed by atoms with van der Waals surface area (Å²) in [5.74, 6) is 0.325. The Morgan fingerprint density at radius 2 is 1.68 bits per heavy atom. The van der Waals surface area contributed by atoms with Gasteiger partial charge in [-0.2, -0.15) is 0 Å². The highest BCUT2D eigenvalue weighted by Gasteiger charge is 2.16. The van der Waals surface area contributed by atoms with Gasteiger partial charge in [-0.05, 0) is 43.3 Å². The Kier molecular flexibility index (Phi) is 5.64. The van der Waals surface area contributed by atoms with E-state index in [1.807, 2.05) is 30.3 Å². The molecule has 7 nitrogen and oxygen atoms in total. The topological polar surface area (TPSA) is 84.4 Å². The van der Waals surface area contributed by atoms with E-state index in [-0.39, 0.29) is 11.6 Å². The molecule has 28 heavy (non-hydrogen) atoms. The maximum atomic E-state index is 12.8. The van der Waals surface area contributed by atoms with Crippen LogP contribution in [-0.2, 0) is 4.74 Å². The highest BCUT2D eigenvalue weighted by molar-refractivity contribution is 6.04. The smallest absolute Gasteiger partial charge is 0.337 e. The maximum Gasteiger partial charge on any atom is 0.337 e. The van der Waals surface area contributed by atoms with E-state index in [4.69, 9.17) is 0 Å². The number of carbonyl (C=O) groups excluding carboxylic acids is 2. The fourth-order valence-corrected chi connectivity index (χ4v) is 2.64. The number of rotatable bonds is 5. The monoisotopic (exact) mass is 376 g/mol. The Hall–Kier alpha value is -3.74. The van der Waals surface area contributed by atoms with Gasteiger partial charge < -0.3 is 15.0 Å². The highest BCUT2D eigenvalue weighted by Crippen LogP contribution is 2.19. The molecule has 0 bridgehead atoms. The quantitative estimate of drug-likeness (QED) is 0.685. The predicted molar refractivity (Wildman–Crippen MR) is 107 cm³/mol. The number of methoxy groups -OCH3 is 1. The molecule has 3 rings (SSSR count). The Bertz CT molecular complexity index is 988. The number of nitrogens with zero attached hydrogens (tertiary/aromatic N) is 3. The van der Waals surface area contributed by atoms with Gasteiger partial charge in [-0.25, -0.2) is 14.8 Å². The van der Waals surface area contributed by atoms with Crippen LogP contribution in [0.1, 0.15) is 26.7 Å². The standard InChI is InChI=1S/C21H20N4O3/c1-14-22-18(20(26)25(2)17-7-5-4-6-8-17)13-19(23-14)24-16-11-9-15(10-12-16)21(27)28-3/h4-13H,1-3H3,(H,22,23,24). The molecular formula is C21H20N4O3. The predicted octanol–water partition coefficient (Wildman–Crippen LogP) is 3.59. The molecule has 1 heterocycles. The third kappa shape index (κ3) is 4.32. The highest BCUT2D eigenvalue weighted by atomic mass is 16.5. The van der Waals surface area contributed by atoms with Gasteiger partial charge in [0.1, 0.15) is 17.3 Å². The van der Waals surface area contributed by atoms with Crippen molar-refractivity contribution >= 4 is 29.1 Å². The van der Waals surface area contributed by atoms with Crippen molar-refractivity contribution in [1.82, 2.24) is 9.97 Å². The van der Waals surface area contributed by atoms with Crippen molar-refractivity contribution in [3.63, 3.8) is 0 Å². The number of aromatic nitrogens is 2. The van der Waals surface area contributed by atoms with E-state index >= 15 is 0 Å². The molecule has 142 valence electrons. The maximum absolute atomic E-state index is 12.8. The number of aryl methyl sites for hydroxylation is 1. The number of anilines is 3. The molecule has 1 amide bonds. The molecule has 0 radical (unpaired) electrons. The fourth-order valence-electron chi connectivity index (χ4n) is 2.64. The minimum atomic E-state index is -0.402. The van der Waals surface area contributed by atoms with Crippen molar-refractivity contribution < 1.29 is 14.3 Å². The molecular weight excluding hydrogens is 356 g/mol. The lowest BCUT2D eigenvalue weighted by atomic mass is 10.2.